The Balaban J connectivity index is 1.94. The van der Waals surface area contributed by atoms with Crippen LogP contribution in [0.1, 0.15) is 64.0 Å². The Morgan fingerprint density at radius 1 is 1.29 bits per heavy atom. The van der Waals surface area contributed by atoms with Gasteiger partial charge in [0, 0.05) is 36.0 Å². The third kappa shape index (κ3) is 7.01. The first-order valence-electron chi connectivity index (χ1n) is 12.2. The van der Waals surface area contributed by atoms with E-state index in [-0.39, 0.29) is 28.2 Å². The van der Waals surface area contributed by atoms with Gasteiger partial charge in [-0.1, -0.05) is 12.2 Å². The van der Waals surface area contributed by atoms with Gasteiger partial charge in [-0.15, -0.1) is 0 Å². The second kappa shape index (κ2) is 12.0. The second-order valence-corrected chi connectivity index (χ2v) is 10.1. The predicted octanol–water partition coefficient (Wildman–Crippen LogP) is 3.58. The number of aliphatic hydroxyl groups is 1. The van der Waals surface area contributed by atoms with E-state index in [1.807, 2.05) is 12.2 Å². The number of carbonyl (C=O) groups excluding carboxylic acids is 2. The zero-order chi connectivity index (χ0) is 28.4. The Morgan fingerprint density at radius 2 is 1.95 bits per heavy atom. The molecule has 2 heterocycles. The molecule has 1 aromatic rings. The molecule has 38 heavy (non-hydrogen) atoms. The van der Waals surface area contributed by atoms with E-state index in [2.05, 4.69) is 15.3 Å². The van der Waals surface area contributed by atoms with Crippen molar-refractivity contribution in [2.45, 2.75) is 89.3 Å². The van der Waals surface area contributed by atoms with Gasteiger partial charge in [-0.2, -0.15) is 13.2 Å². The molecule has 1 unspecified atom stereocenters. The van der Waals surface area contributed by atoms with E-state index in [4.69, 9.17) is 12.2 Å². The Morgan fingerprint density at radius 3 is 2.47 bits per heavy atom. The highest BCUT2D eigenvalue weighted by Gasteiger charge is 2.38. The SMILES string of the molecule is CC(=NC(C(=O)N1CCC[C@@H]1C)C(=S)c1cnc(N[C@@H](C)C(F)(F)F)cc1C(F)F)C(=O)NC1CC(O)C1. The summed E-state index contributed by atoms with van der Waals surface area (Å²) in [5, 5.41) is 14.2. The highest BCUT2D eigenvalue weighted by atomic mass is 32.1. The van der Waals surface area contributed by atoms with E-state index >= 15 is 0 Å². The lowest BCUT2D eigenvalue weighted by Crippen LogP contribution is -2.49. The molecule has 2 amide bonds. The molecule has 3 atom stereocenters. The maximum Gasteiger partial charge on any atom is 0.408 e. The highest BCUT2D eigenvalue weighted by Crippen LogP contribution is 2.30. The van der Waals surface area contributed by atoms with Crippen LogP contribution in [0.15, 0.2) is 17.3 Å². The van der Waals surface area contributed by atoms with Gasteiger partial charge in [0.1, 0.15) is 11.9 Å². The van der Waals surface area contributed by atoms with E-state index in [9.17, 15) is 36.6 Å². The molecule has 0 spiro atoms. The number of hydrogen-bond donors (Lipinski definition) is 3. The summed E-state index contributed by atoms with van der Waals surface area (Å²) in [4.78, 5) is 35.4. The first-order chi connectivity index (χ1) is 17.7. The van der Waals surface area contributed by atoms with Crippen molar-refractivity contribution < 1.29 is 36.6 Å². The van der Waals surface area contributed by atoms with Gasteiger partial charge in [0.15, 0.2) is 6.04 Å². The van der Waals surface area contributed by atoms with E-state index in [0.29, 0.717) is 19.4 Å². The van der Waals surface area contributed by atoms with E-state index in [0.717, 1.165) is 32.0 Å². The third-order valence-corrected chi connectivity index (χ3v) is 7.15. The summed E-state index contributed by atoms with van der Waals surface area (Å²) in [5.74, 6) is -1.60. The monoisotopic (exact) mass is 563 g/mol. The number of aliphatic imine (C=N–C) groups is 1. The molecule has 14 heteroatoms. The third-order valence-electron chi connectivity index (χ3n) is 6.71. The summed E-state index contributed by atoms with van der Waals surface area (Å²) in [6.45, 7) is 4.40. The molecule has 0 radical (unpaired) electrons. The fourth-order valence-electron chi connectivity index (χ4n) is 4.28. The van der Waals surface area contributed by atoms with E-state index in [1.165, 1.54) is 11.8 Å². The molecule has 1 aliphatic heterocycles. The Labute approximate surface area is 222 Å². The molecule has 1 saturated heterocycles. The lowest BCUT2D eigenvalue weighted by atomic mass is 9.89. The number of hydrogen-bond acceptors (Lipinski definition) is 7. The number of alkyl halides is 5. The zero-order valence-corrected chi connectivity index (χ0v) is 21.9. The maximum absolute atomic E-state index is 14.0. The summed E-state index contributed by atoms with van der Waals surface area (Å²) >= 11 is 5.44. The number of aromatic nitrogens is 1. The quantitative estimate of drug-likeness (QED) is 0.184. The fraction of sp³-hybridized carbons (Fsp3) is 0.625. The molecule has 1 aliphatic carbocycles. The minimum absolute atomic E-state index is 0.109. The van der Waals surface area contributed by atoms with Crippen molar-refractivity contribution >= 4 is 40.4 Å². The van der Waals surface area contributed by atoms with Crippen molar-refractivity contribution in [1.82, 2.24) is 15.2 Å². The van der Waals surface area contributed by atoms with Crippen LogP contribution in [0.5, 0.6) is 0 Å². The number of amides is 2. The number of carbonyl (C=O) groups is 2. The van der Waals surface area contributed by atoms with Crippen molar-refractivity contribution in [2.75, 3.05) is 11.9 Å². The van der Waals surface area contributed by atoms with Crippen LogP contribution in [0.3, 0.4) is 0 Å². The van der Waals surface area contributed by atoms with Crippen molar-refractivity contribution in [3.8, 4) is 0 Å². The smallest absolute Gasteiger partial charge is 0.393 e. The zero-order valence-electron chi connectivity index (χ0n) is 21.1. The van der Waals surface area contributed by atoms with Crippen molar-refractivity contribution in [3.63, 3.8) is 0 Å². The number of nitrogens with zero attached hydrogens (tertiary/aromatic N) is 3. The number of likely N-dealkylation sites (tertiary alicyclic amines) is 1. The lowest BCUT2D eigenvalue weighted by Gasteiger charge is -2.32. The molecule has 3 rings (SSSR count). The number of thiocarbonyl (C=S) groups is 1. The molecule has 2 aliphatic rings. The van der Waals surface area contributed by atoms with Gasteiger partial charge in [-0.05, 0) is 52.5 Å². The van der Waals surface area contributed by atoms with Gasteiger partial charge in [0.05, 0.1) is 16.7 Å². The predicted molar refractivity (Wildman–Crippen MR) is 135 cm³/mol. The standard InChI is InChI=1S/C24H30F5N5O3S/c1-11-5-4-6-34(11)23(37)19(31-12(2)22(36)33-14-7-15(35)8-14)20(38)17-10-30-18(9-16(17)21(25)26)32-13(3)24(27,28)29/h9-11,13-15,19,21,35H,4-8H2,1-3H3,(H,30,32)(H,33,36)/t11-,13-,14?,15?,19?/m0/s1. The molecule has 210 valence electrons. The normalized spacial score (nSPS) is 23.6. The van der Waals surface area contributed by atoms with Crippen LogP contribution in [-0.4, -0.2) is 80.4 Å². The molecule has 1 saturated carbocycles. The van der Waals surface area contributed by atoms with Crippen LogP contribution < -0.4 is 10.6 Å². The van der Waals surface area contributed by atoms with Gasteiger partial charge < -0.3 is 20.6 Å². The average Bonchev–Trinajstić information content (AvgIpc) is 3.25. The minimum atomic E-state index is -4.63. The number of aliphatic hydroxyl groups excluding tert-OH is 1. The average molecular weight is 564 g/mol. The highest BCUT2D eigenvalue weighted by molar-refractivity contribution is 7.81. The number of halogens is 5. The summed E-state index contributed by atoms with van der Waals surface area (Å²) in [5.41, 5.74) is -1.14. The van der Waals surface area contributed by atoms with E-state index in [1.54, 1.807) is 0 Å². The van der Waals surface area contributed by atoms with Crippen LogP contribution in [0.2, 0.25) is 0 Å². The Kier molecular flexibility index (Phi) is 9.39. The number of pyridine rings is 1. The Bertz CT molecular complexity index is 1090. The summed E-state index contributed by atoms with van der Waals surface area (Å²) in [6.07, 6.45) is -5.19. The summed E-state index contributed by atoms with van der Waals surface area (Å²) in [7, 11) is 0. The Hall–Kier alpha value is -2.74. The first kappa shape index (κ1) is 29.8. The van der Waals surface area contributed by atoms with Crippen molar-refractivity contribution in [3.05, 3.63) is 23.4 Å². The molecule has 8 nitrogen and oxygen atoms in total. The maximum atomic E-state index is 14.0. The molecule has 0 bridgehead atoms. The number of anilines is 1. The van der Waals surface area contributed by atoms with Crippen LogP contribution in [0, 0.1) is 0 Å². The first-order valence-corrected chi connectivity index (χ1v) is 12.6. The van der Waals surface area contributed by atoms with Crippen LogP contribution >= 0.6 is 12.2 Å². The molecule has 2 fully saturated rings. The van der Waals surface area contributed by atoms with Crippen LogP contribution in [0.25, 0.3) is 0 Å². The molecular formula is C24H30F5N5O3S. The topological polar surface area (TPSA) is 107 Å². The van der Waals surface area contributed by atoms with Crippen LogP contribution in [0.4, 0.5) is 27.8 Å². The summed E-state index contributed by atoms with van der Waals surface area (Å²) in [6, 6.07) is -3.20. The number of rotatable bonds is 9. The van der Waals surface area contributed by atoms with Gasteiger partial charge in [-0.25, -0.2) is 13.8 Å². The summed E-state index contributed by atoms with van der Waals surface area (Å²) < 4.78 is 66.8. The lowest BCUT2D eigenvalue weighted by molar-refractivity contribution is -0.138. The largest absolute Gasteiger partial charge is 0.408 e. The molecular weight excluding hydrogens is 533 g/mol. The van der Waals surface area contributed by atoms with E-state index < -0.39 is 54.0 Å². The number of nitrogens with one attached hydrogen (secondary N) is 2. The van der Waals surface area contributed by atoms with Gasteiger partial charge in [-0.3, -0.25) is 14.6 Å². The molecule has 3 N–H and O–H groups in total. The van der Waals surface area contributed by atoms with Crippen molar-refractivity contribution in [1.29, 1.82) is 0 Å². The fourth-order valence-corrected chi connectivity index (χ4v) is 4.60. The van der Waals surface area contributed by atoms with Gasteiger partial charge in [0.2, 0.25) is 0 Å². The van der Waals surface area contributed by atoms with Gasteiger partial charge in [0.25, 0.3) is 18.2 Å². The van der Waals surface area contributed by atoms with Crippen molar-refractivity contribution in [2.24, 2.45) is 4.99 Å². The van der Waals surface area contributed by atoms with Crippen LogP contribution in [-0.2, 0) is 9.59 Å². The molecule has 1 aromatic heterocycles. The molecule has 0 aromatic carbocycles. The van der Waals surface area contributed by atoms with Gasteiger partial charge >= 0.3 is 6.18 Å². The second-order valence-electron chi connectivity index (χ2n) is 9.66. The minimum Gasteiger partial charge on any atom is -0.393 e.